The molecule has 0 aliphatic rings. The van der Waals surface area contributed by atoms with Gasteiger partial charge in [-0.15, -0.1) is 0 Å². The van der Waals surface area contributed by atoms with E-state index < -0.39 is 42.0 Å². The molecule has 0 saturated heterocycles. The van der Waals surface area contributed by atoms with E-state index in [1.165, 1.54) is 13.4 Å². The zero-order chi connectivity index (χ0) is 26.7. The minimum atomic E-state index is -0.937. The lowest BCUT2D eigenvalue weighted by molar-refractivity contribution is -0.145. The number of imidazole rings is 1. The molecule has 3 unspecified atom stereocenters. The number of H-pyrrole nitrogens is 1. The van der Waals surface area contributed by atoms with Crippen LogP contribution in [0.4, 0.5) is 0 Å². The van der Waals surface area contributed by atoms with E-state index in [9.17, 15) is 19.5 Å². The van der Waals surface area contributed by atoms with Crippen molar-refractivity contribution in [1.29, 1.82) is 0 Å². The summed E-state index contributed by atoms with van der Waals surface area (Å²) in [5.74, 6) is -1.84. The van der Waals surface area contributed by atoms with E-state index in [4.69, 9.17) is 10.5 Å². The van der Waals surface area contributed by atoms with Crippen LogP contribution in [0.1, 0.15) is 66.5 Å². The van der Waals surface area contributed by atoms with E-state index in [1.807, 2.05) is 41.5 Å². The molecule has 1 aromatic heterocycles. The second-order valence-corrected chi connectivity index (χ2v) is 10.2. The van der Waals surface area contributed by atoms with Crippen molar-refractivity contribution < 1.29 is 24.2 Å². The Labute approximate surface area is 209 Å². The average molecular weight is 496 g/mol. The Morgan fingerprint density at radius 2 is 1.77 bits per heavy atom. The van der Waals surface area contributed by atoms with Gasteiger partial charge >= 0.3 is 5.97 Å². The predicted molar refractivity (Wildman–Crippen MR) is 134 cm³/mol. The molecule has 10 nitrogen and oxygen atoms in total. The first-order valence-electron chi connectivity index (χ1n) is 12.5. The first-order valence-corrected chi connectivity index (χ1v) is 12.5. The number of carbonyl (C=O) groups is 3. The number of amides is 2. The Kier molecular flexibility index (Phi) is 13.0. The number of aliphatic hydroxyl groups excluding tert-OH is 1. The molecule has 0 spiro atoms. The van der Waals surface area contributed by atoms with E-state index in [0.717, 1.165) is 0 Å². The van der Waals surface area contributed by atoms with Gasteiger partial charge in [0.25, 0.3) is 0 Å². The molecule has 0 radical (unpaired) electrons. The fourth-order valence-electron chi connectivity index (χ4n) is 3.99. The Morgan fingerprint density at radius 3 is 2.26 bits per heavy atom. The normalized spacial score (nSPS) is 16.8. The number of methoxy groups -OCH3 is 1. The number of rotatable bonds is 15. The van der Waals surface area contributed by atoms with Gasteiger partial charge < -0.3 is 31.2 Å². The van der Waals surface area contributed by atoms with Gasteiger partial charge in [-0.1, -0.05) is 48.0 Å². The summed E-state index contributed by atoms with van der Waals surface area (Å²) in [4.78, 5) is 45.7. The van der Waals surface area contributed by atoms with E-state index in [1.54, 1.807) is 6.20 Å². The van der Waals surface area contributed by atoms with Gasteiger partial charge in [-0.3, -0.25) is 9.59 Å². The number of aliphatic hydroxyl groups is 1. The fourth-order valence-corrected chi connectivity index (χ4v) is 3.99. The Bertz CT molecular complexity index is 783. The van der Waals surface area contributed by atoms with Crippen molar-refractivity contribution in [3.8, 4) is 0 Å². The zero-order valence-electron chi connectivity index (χ0n) is 22.2. The number of nitrogens with two attached hydrogens (primary N) is 1. The molecule has 6 N–H and O–H groups in total. The molecule has 10 heteroatoms. The summed E-state index contributed by atoms with van der Waals surface area (Å²) in [5.41, 5.74) is 6.80. The minimum Gasteiger partial charge on any atom is -0.467 e. The summed E-state index contributed by atoms with van der Waals surface area (Å²) in [6.07, 6.45) is 3.89. The van der Waals surface area contributed by atoms with Gasteiger partial charge in [0.1, 0.15) is 12.1 Å². The molecular weight excluding hydrogens is 450 g/mol. The lowest BCUT2D eigenvalue weighted by Gasteiger charge is -2.30. The molecule has 1 aromatic rings. The molecule has 0 saturated carbocycles. The average Bonchev–Trinajstić information content (AvgIpc) is 3.31. The summed E-state index contributed by atoms with van der Waals surface area (Å²) in [5, 5.41) is 16.2. The third kappa shape index (κ3) is 9.97. The van der Waals surface area contributed by atoms with E-state index in [2.05, 4.69) is 20.6 Å². The van der Waals surface area contributed by atoms with E-state index in [0.29, 0.717) is 24.5 Å². The SMILES string of the molecule is CC[C@H](C)[C@H](NC(=O)C(CC(O)C(N)CC(C)C)C(C)C)C(=O)N[C@@H](Cc1cnc[nH]1)C(=O)OC. The zero-order valence-corrected chi connectivity index (χ0v) is 22.2. The molecule has 0 aromatic carbocycles. The number of hydrogen-bond donors (Lipinski definition) is 5. The number of carbonyl (C=O) groups excluding carboxylic acids is 3. The highest BCUT2D eigenvalue weighted by Crippen LogP contribution is 2.22. The van der Waals surface area contributed by atoms with E-state index in [-0.39, 0.29) is 30.6 Å². The minimum absolute atomic E-state index is 0.0697. The van der Waals surface area contributed by atoms with Crippen LogP contribution in [-0.2, 0) is 25.5 Å². The van der Waals surface area contributed by atoms with Gasteiger partial charge in [-0.2, -0.15) is 0 Å². The largest absolute Gasteiger partial charge is 0.467 e. The molecule has 1 rings (SSSR count). The van der Waals surface area contributed by atoms with Crippen molar-refractivity contribution in [2.75, 3.05) is 7.11 Å². The van der Waals surface area contributed by atoms with Gasteiger partial charge in [0, 0.05) is 30.3 Å². The molecule has 35 heavy (non-hydrogen) atoms. The monoisotopic (exact) mass is 495 g/mol. The molecular formula is C25H45N5O5. The quantitative estimate of drug-likeness (QED) is 0.231. The third-order valence-electron chi connectivity index (χ3n) is 6.45. The number of aromatic nitrogens is 2. The Hall–Kier alpha value is -2.46. The van der Waals surface area contributed by atoms with Gasteiger partial charge in [-0.05, 0) is 30.6 Å². The van der Waals surface area contributed by atoms with Crippen molar-refractivity contribution in [1.82, 2.24) is 20.6 Å². The van der Waals surface area contributed by atoms with Crippen LogP contribution in [-0.4, -0.2) is 64.2 Å². The third-order valence-corrected chi connectivity index (χ3v) is 6.45. The predicted octanol–water partition coefficient (Wildman–Crippen LogP) is 1.54. The van der Waals surface area contributed by atoms with Crippen molar-refractivity contribution in [3.05, 3.63) is 18.2 Å². The number of ether oxygens (including phenoxy) is 1. The highest BCUT2D eigenvalue weighted by atomic mass is 16.5. The fraction of sp³-hybridized carbons (Fsp3) is 0.760. The smallest absolute Gasteiger partial charge is 0.328 e. The van der Waals surface area contributed by atoms with Crippen LogP contribution < -0.4 is 16.4 Å². The maximum atomic E-state index is 13.3. The molecule has 0 aliphatic carbocycles. The molecule has 0 bridgehead atoms. The lowest BCUT2D eigenvalue weighted by atomic mass is 9.85. The highest BCUT2D eigenvalue weighted by molar-refractivity contribution is 5.91. The Balaban J connectivity index is 2.99. The second-order valence-electron chi connectivity index (χ2n) is 10.2. The number of nitrogens with one attached hydrogen (secondary N) is 3. The standard InChI is InChI=1S/C25H45N5O5/c1-8-16(6)22(24(33)29-20(25(34)35-7)10-17-12-27-13-28-17)30-23(32)18(15(4)5)11-21(31)19(26)9-14(2)3/h12-16,18-22,31H,8-11,26H2,1-7H3,(H,27,28)(H,29,33)(H,30,32)/t16-,18?,19?,20-,21?,22-/m0/s1. The first-order chi connectivity index (χ1) is 16.4. The van der Waals surface area contributed by atoms with Crippen molar-refractivity contribution in [2.45, 2.75) is 91.5 Å². The molecule has 0 fully saturated rings. The van der Waals surface area contributed by atoms with Gasteiger partial charge in [0.15, 0.2) is 0 Å². The molecule has 1 heterocycles. The van der Waals surface area contributed by atoms with Gasteiger partial charge in [0.2, 0.25) is 11.8 Å². The maximum Gasteiger partial charge on any atom is 0.328 e. The number of esters is 1. The Morgan fingerprint density at radius 1 is 1.11 bits per heavy atom. The number of nitrogens with zero attached hydrogens (tertiary/aromatic N) is 1. The molecule has 200 valence electrons. The maximum absolute atomic E-state index is 13.3. The van der Waals surface area contributed by atoms with Crippen LogP contribution in [0.5, 0.6) is 0 Å². The van der Waals surface area contributed by atoms with Crippen molar-refractivity contribution in [3.63, 3.8) is 0 Å². The topological polar surface area (TPSA) is 159 Å². The molecule has 0 aliphatic heterocycles. The van der Waals surface area contributed by atoms with Crippen molar-refractivity contribution >= 4 is 17.8 Å². The summed E-state index contributed by atoms with van der Waals surface area (Å²) in [7, 11) is 1.25. The number of aromatic amines is 1. The lowest BCUT2D eigenvalue weighted by Crippen LogP contribution is -2.56. The van der Waals surface area contributed by atoms with Crippen LogP contribution in [0, 0.1) is 23.7 Å². The summed E-state index contributed by atoms with van der Waals surface area (Å²) >= 11 is 0. The van der Waals surface area contributed by atoms with Crippen LogP contribution >= 0.6 is 0 Å². The summed E-state index contributed by atoms with van der Waals surface area (Å²) in [6, 6.07) is -2.22. The van der Waals surface area contributed by atoms with Crippen LogP contribution in [0.2, 0.25) is 0 Å². The highest BCUT2D eigenvalue weighted by Gasteiger charge is 2.34. The second kappa shape index (κ2) is 14.8. The summed E-state index contributed by atoms with van der Waals surface area (Å²) in [6.45, 7) is 11.7. The van der Waals surface area contributed by atoms with Crippen LogP contribution in [0.15, 0.2) is 12.5 Å². The first kappa shape index (κ1) is 30.6. The van der Waals surface area contributed by atoms with Gasteiger partial charge in [-0.25, -0.2) is 9.78 Å². The van der Waals surface area contributed by atoms with E-state index >= 15 is 0 Å². The van der Waals surface area contributed by atoms with Crippen LogP contribution in [0.3, 0.4) is 0 Å². The van der Waals surface area contributed by atoms with Crippen molar-refractivity contribution in [2.24, 2.45) is 29.4 Å². The van der Waals surface area contributed by atoms with Crippen LogP contribution in [0.25, 0.3) is 0 Å². The molecule has 2 amide bonds. The number of hydrogen-bond acceptors (Lipinski definition) is 7. The summed E-state index contributed by atoms with van der Waals surface area (Å²) < 4.78 is 4.86. The van der Waals surface area contributed by atoms with Gasteiger partial charge in [0.05, 0.1) is 19.5 Å². The molecule has 6 atom stereocenters.